The smallest absolute Gasteiger partial charge is 0.272 e. The third kappa shape index (κ3) is 0.926. The molecule has 0 atom stereocenters. The van der Waals surface area contributed by atoms with Crippen LogP contribution in [-0.2, 0) is 0 Å². The molecule has 2 aliphatic rings. The van der Waals surface area contributed by atoms with Crippen LogP contribution < -0.4 is 0 Å². The van der Waals surface area contributed by atoms with Gasteiger partial charge in [-0.05, 0) is 19.3 Å². The number of nitrogens with zero attached hydrogens (tertiary/aromatic N) is 1. The summed E-state index contributed by atoms with van der Waals surface area (Å²) in [7, 11) is 0. The quantitative estimate of drug-likeness (QED) is 0.539. The molecular weight excluding hydrogens is 136 g/mol. The van der Waals surface area contributed by atoms with Gasteiger partial charge in [0.2, 0.25) is 0 Å². The predicted molar refractivity (Wildman–Crippen MR) is 33.8 cm³/mol. The van der Waals surface area contributed by atoms with Crippen LogP contribution in [-0.4, -0.2) is 30.0 Å². The van der Waals surface area contributed by atoms with Crippen molar-refractivity contribution in [3.05, 3.63) is 6.42 Å². The molecule has 0 aromatic rings. The lowest BCUT2D eigenvalue weighted by Gasteiger charge is -2.47. The summed E-state index contributed by atoms with van der Waals surface area (Å²) < 4.78 is 24.5. The summed E-state index contributed by atoms with van der Waals surface area (Å²) in [5.41, 5.74) is 0. The van der Waals surface area contributed by atoms with Gasteiger partial charge < -0.3 is 0 Å². The first-order valence-electron chi connectivity index (χ1n) is 3.61. The van der Waals surface area contributed by atoms with Gasteiger partial charge in [-0.2, -0.15) is 0 Å². The van der Waals surface area contributed by atoms with Gasteiger partial charge in [0.05, 0.1) is 13.1 Å². The molecule has 0 spiro atoms. The Kier molecular flexibility index (Phi) is 1.24. The van der Waals surface area contributed by atoms with Crippen molar-refractivity contribution >= 4 is 0 Å². The van der Waals surface area contributed by atoms with Crippen molar-refractivity contribution in [2.24, 2.45) is 0 Å². The standard InChI is InChI=1S/C7H10F2N/c8-7(9)4-10(5-7)6-2-1-3-6/h1,6H,2-5H2. The Morgan fingerprint density at radius 3 is 2.20 bits per heavy atom. The largest absolute Gasteiger partial charge is 0.288 e. The van der Waals surface area contributed by atoms with Gasteiger partial charge in [0.25, 0.3) is 5.92 Å². The molecular formula is C7H10F2N. The fourth-order valence-corrected chi connectivity index (χ4v) is 1.42. The molecule has 2 fully saturated rings. The first-order valence-corrected chi connectivity index (χ1v) is 3.61. The molecule has 0 N–H and O–H groups in total. The van der Waals surface area contributed by atoms with Crippen molar-refractivity contribution in [3.8, 4) is 0 Å². The number of alkyl halides is 2. The maximum absolute atomic E-state index is 12.3. The van der Waals surface area contributed by atoms with E-state index in [0.717, 1.165) is 12.8 Å². The predicted octanol–water partition coefficient (Wildman–Crippen LogP) is 1.30. The molecule has 0 unspecified atom stereocenters. The van der Waals surface area contributed by atoms with Crippen molar-refractivity contribution in [2.45, 2.75) is 24.8 Å². The molecule has 0 aromatic heterocycles. The van der Waals surface area contributed by atoms with E-state index in [1.54, 1.807) is 0 Å². The maximum atomic E-state index is 12.3. The van der Waals surface area contributed by atoms with Crippen LogP contribution in [0.2, 0.25) is 0 Å². The van der Waals surface area contributed by atoms with E-state index in [9.17, 15) is 8.78 Å². The van der Waals surface area contributed by atoms with Crippen molar-refractivity contribution < 1.29 is 8.78 Å². The average molecular weight is 146 g/mol. The van der Waals surface area contributed by atoms with Gasteiger partial charge in [-0.25, -0.2) is 8.78 Å². The van der Waals surface area contributed by atoms with Gasteiger partial charge in [0, 0.05) is 6.04 Å². The minimum atomic E-state index is -2.38. The summed E-state index contributed by atoms with van der Waals surface area (Å²) in [6.45, 7) is -0.0169. The third-order valence-electron chi connectivity index (χ3n) is 2.26. The topological polar surface area (TPSA) is 3.24 Å². The van der Waals surface area contributed by atoms with E-state index in [1.165, 1.54) is 0 Å². The molecule has 10 heavy (non-hydrogen) atoms. The van der Waals surface area contributed by atoms with Crippen molar-refractivity contribution in [2.75, 3.05) is 13.1 Å². The monoisotopic (exact) mass is 146 g/mol. The van der Waals surface area contributed by atoms with Gasteiger partial charge in [-0.15, -0.1) is 0 Å². The number of halogens is 2. The van der Waals surface area contributed by atoms with Crippen LogP contribution in [0.15, 0.2) is 0 Å². The summed E-state index contributed by atoms with van der Waals surface area (Å²) in [6.07, 6.45) is 4.16. The Bertz CT molecular complexity index is 135. The van der Waals surface area contributed by atoms with Crippen LogP contribution in [0, 0.1) is 6.42 Å². The van der Waals surface area contributed by atoms with E-state index in [-0.39, 0.29) is 13.1 Å². The lowest BCUT2D eigenvalue weighted by Crippen LogP contribution is -2.61. The molecule has 0 aromatic carbocycles. The van der Waals surface area contributed by atoms with Crippen LogP contribution >= 0.6 is 0 Å². The maximum Gasteiger partial charge on any atom is 0.272 e. The van der Waals surface area contributed by atoms with Gasteiger partial charge in [0.15, 0.2) is 0 Å². The second-order valence-electron chi connectivity index (χ2n) is 3.17. The molecule has 1 heterocycles. The first kappa shape index (κ1) is 6.53. The Labute approximate surface area is 59.0 Å². The lowest BCUT2D eigenvalue weighted by molar-refractivity contribution is -0.151. The molecule has 1 nitrogen and oxygen atoms in total. The molecule has 1 saturated carbocycles. The molecule has 2 rings (SSSR count). The summed E-state index contributed by atoms with van der Waals surface area (Å²) in [6, 6.07) is 0.444. The lowest BCUT2D eigenvalue weighted by atomic mass is 9.89. The number of hydrogen-bond donors (Lipinski definition) is 0. The van der Waals surface area contributed by atoms with Crippen molar-refractivity contribution in [1.82, 2.24) is 4.90 Å². The fourth-order valence-electron chi connectivity index (χ4n) is 1.42. The summed E-state index contributed by atoms with van der Waals surface area (Å²) >= 11 is 0. The minimum absolute atomic E-state index is 0.00843. The highest BCUT2D eigenvalue weighted by molar-refractivity contribution is 4.99. The van der Waals surface area contributed by atoms with E-state index in [4.69, 9.17) is 0 Å². The van der Waals surface area contributed by atoms with Crippen LogP contribution in [0.3, 0.4) is 0 Å². The van der Waals surface area contributed by atoms with Crippen LogP contribution in [0.25, 0.3) is 0 Å². The number of likely N-dealkylation sites (tertiary alicyclic amines) is 1. The molecule has 1 aliphatic heterocycles. The highest BCUT2D eigenvalue weighted by Gasteiger charge is 2.47. The Morgan fingerprint density at radius 1 is 1.30 bits per heavy atom. The summed E-state index contributed by atoms with van der Waals surface area (Å²) in [5.74, 6) is -2.38. The van der Waals surface area contributed by atoms with Gasteiger partial charge in [0.1, 0.15) is 0 Å². The highest BCUT2D eigenvalue weighted by atomic mass is 19.3. The Morgan fingerprint density at radius 2 is 1.90 bits per heavy atom. The second-order valence-corrected chi connectivity index (χ2v) is 3.17. The van der Waals surface area contributed by atoms with E-state index < -0.39 is 5.92 Å². The normalized spacial score (nSPS) is 33.0. The second kappa shape index (κ2) is 1.91. The zero-order chi connectivity index (χ0) is 7.19. The molecule has 3 heteroatoms. The summed E-state index contributed by atoms with van der Waals surface area (Å²) in [4.78, 5) is 1.86. The molecule has 1 aliphatic carbocycles. The van der Waals surface area contributed by atoms with E-state index in [1.807, 2.05) is 4.90 Å². The minimum Gasteiger partial charge on any atom is -0.288 e. The van der Waals surface area contributed by atoms with E-state index in [0.29, 0.717) is 6.04 Å². The molecule has 0 bridgehead atoms. The van der Waals surface area contributed by atoms with Crippen LogP contribution in [0.4, 0.5) is 8.78 Å². The van der Waals surface area contributed by atoms with Crippen LogP contribution in [0.5, 0.6) is 0 Å². The van der Waals surface area contributed by atoms with Crippen LogP contribution in [0.1, 0.15) is 12.8 Å². The van der Waals surface area contributed by atoms with Gasteiger partial charge >= 0.3 is 0 Å². The van der Waals surface area contributed by atoms with Crippen molar-refractivity contribution in [3.63, 3.8) is 0 Å². The van der Waals surface area contributed by atoms with E-state index in [2.05, 4.69) is 6.42 Å². The zero-order valence-corrected chi connectivity index (χ0v) is 5.69. The first-order chi connectivity index (χ1) is 4.67. The van der Waals surface area contributed by atoms with Gasteiger partial charge in [-0.1, -0.05) is 0 Å². The number of hydrogen-bond acceptors (Lipinski definition) is 1. The summed E-state index contributed by atoms with van der Waals surface area (Å²) in [5, 5.41) is 0. The van der Waals surface area contributed by atoms with Crippen molar-refractivity contribution in [1.29, 1.82) is 0 Å². The highest BCUT2D eigenvalue weighted by Crippen LogP contribution is 2.34. The average Bonchev–Trinajstić information content (AvgIpc) is 1.54. The zero-order valence-electron chi connectivity index (χ0n) is 5.69. The fraction of sp³-hybridized carbons (Fsp3) is 0.857. The molecule has 1 radical (unpaired) electrons. The molecule has 57 valence electrons. The SMILES string of the molecule is FC1(F)CN(C2C[CH]C2)C1. The Balaban J connectivity index is 1.79. The third-order valence-corrected chi connectivity index (χ3v) is 2.26. The molecule has 1 saturated heterocycles. The van der Waals surface area contributed by atoms with E-state index >= 15 is 0 Å². The molecule has 0 amide bonds. The Hall–Kier alpha value is -0.180. The van der Waals surface area contributed by atoms with Gasteiger partial charge in [-0.3, -0.25) is 4.90 Å². The number of rotatable bonds is 1.